The summed E-state index contributed by atoms with van der Waals surface area (Å²) in [5.41, 5.74) is 0.963. The van der Waals surface area contributed by atoms with Gasteiger partial charge < -0.3 is 15.0 Å². The molecule has 0 radical (unpaired) electrons. The van der Waals surface area contributed by atoms with Crippen LogP contribution < -0.4 is 15.5 Å². The van der Waals surface area contributed by atoms with Gasteiger partial charge in [-0.05, 0) is 25.1 Å². The number of ether oxygens (including phenoxy) is 1. The van der Waals surface area contributed by atoms with Crippen LogP contribution in [0.15, 0.2) is 29.6 Å². The summed E-state index contributed by atoms with van der Waals surface area (Å²) >= 11 is 1.19. The number of nitrogens with one attached hydrogen (secondary N) is 2. The number of thiazole rings is 1. The van der Waals surface area contributed by atoms with Gasteiger partial charge >= 0.3 is 12.0 Å². The van der Waals surface area contributed by atoms with Crippen LogP contribution in [0, 0.1) is 5.82 Å². The van der Waals surface area contributed by atoms with Crippen LogP contribution in [0.1, 0.15) is 19.0 Å². The third-order valence-electron chi connectivity index (χ3n) is 3.98. The number of benzene rings is 1. The molecule has 3 amide bonds. The number of hydrogen-bond acceptors (Lipinski definition) is 6. The minimum Gasteiger partial charge on any atom is -0.466 e. The summed E-state index contributed by atoms with van der Waals surface area (Å²) in [5.74, 6) is -1.01. The topological polar surface area (TPSA) is 101 Å². The van der Waals surface area contributed by atoms with Gasteiger partial charge in [-0.2, -0.15) is 0 Å². The summed E-state index contributed by atoms with van der Waals surface area (Å²) in [7, 11) is 0. The van der Waals surface area contributed by atoms with Gasteiger partial charge in [-0.25, -0.2) is 14.2 Å². The van der Waals surface area contributed by atoms with Crippen LogP contribution in [0.4, 0.5) is 20.0 Å². The molecule has 0 bridgehead atoms. The number of nitrogens with zero attached hydrogens (tertiary/aromatic N) is 2. The molecule has 0 spiro atoms. The fourth-order valence-corrected chi connectivity index (χ4v) is 3.53. The minimum absolute atomic E-state index is 0.0351. The molecule has 1 aliphatic rings. The lowest BCUT2D eigenvalue weighted by molar-refractivity contribution is -0.142. The van der Waals surface area contributed by atoms with Crippen LogP contribution in [-0.4, -0.2) is 42.1 Å². The molecule has 28 heavy (non-hydrogen) atoms. The Bertz CT molecular complexity index is 888. The molecule has 3 rings (SSSR count). The van der Waals surface area contributed by atoms with Crippen molar-refractivity contribution in [1.82, 2.24) is 10.3 Å². The standard InChI is InChI=1S/C18H19FN4O4S/c1-2-27-16(25)8-13-10-28-18(21-13)22-17(26)20-12-7-15(24)23(9-12)14-5-3-4-11(19)6-14/h3-6,10,12H,2,7-9H2,1H3,(H2,20,21,22,26)/t12-/m0/s1. The second kappa shape index (κ2) is 8.79. The van der Waals surface area contributed by atoms with Gasteiger partial charge in [0.25, 0.3) is 0 Å². The lowest BCUT2D eigenvalue weighted by Crippen LogP contribution is -2.39. The Balaban J connectivity index is 1.52. The Morgan fingerprint density at radius 1 is 1.43 bits per heavy atom. The lowest BCUT2D eigenvalue weighted by atomic mass is 10.2. The fraction of sp³-hybridized carbons (Fsp3) is 0.333. The van der Waals surface area contributed by atoms with E-state index in [4.69, 9.17) is 4.74 Å². The Labute approximate surface area is 164 Å². The van der Waals surface area contributed by atoms with Gasteiger partial charge in [0.2, 0.25) is 5.91 Å². The van der Waals surface area contributed by atoms with Gasteiger partial charge in [-0.1, -0.05) is 6.07 Å². The van der Waals surface area contributed by atoms with Gasteiger partial charge in [-0.15, -0.1) is 11.3 Å². The molecule has 148 valence electrons. The maximum atomic E-state index is 13.4. The van der Waals surface area contributed by atoms with Crippen molar-refractivity contribution in [2.24, 2.45) is 0 Å². The van der Waals surface area contributed by atoms with Gasteiger partial charge in [0.1, 0.15) is 5.82 Å². The van der Waals surface area contributed by atoms with Crippen LogP contribution in [0.3, 0.4) is 0 Å². The highest BCUT2D eigenvalue weighted by Gasteiger charge is 2.31. The maximum Gasteiger partial charge on any atom is 0.321 e. The highest BCUT2D eigenvalue weighted by molar-refractivity contribution is 7.13. The summed E-state index contributed by atoms with van der Waals surface area (Å²) in [4.78, 5) is 41.4. The average molecular weight is 406 g/mol. The SMILES string of the molecule is CCOC(=O)Cc1csc(NC(=O)N[C@H]2CC(=O)N(c3cccc(F)c3)C2)n1. The summed E-state index contributed by atoms with van der Waals surface area (Å²) < 4.78 is 18.2. The quantitative estimate of drug-likeness (QED) is 0.717. The van der Waals surface area contributed by atoms with Crippen LogP contribution in [0.2, 0.25) is 0 Å². The molecular weight excluding hydrogens is 387 g/mol. The first-order valence-corrected chi connectivity index (χ1v) is 9.56. The van der Waals surface area contributed by atoms with Crippen LogP contribution >= 0.6 is 11.3 Å². The van der Waals surface area contributed by atoms with Gasteiger partial charge in [0.05, 0.1) is 24.8 Å². The average Bonchev–Trinajstić information content (AvgIpc) is 3.21. The highest BCUT2D eigenvalue weighted by atomic mass is 32.1. The molecule has 1 aliphatic heterocycles. The van der Waals surface area contributed by atoms with Crippen LogP contribution in [0.5, 0.6) is 0 Å². The molecule has 0 aliphatic carbocycles. The van der Waals surface area contributed by atoms with Crippen LogP contribution in [0.25, 0.3) is 0 Å². The Morgan fingerprint density at radius 3 is 3.00 bits per heavy atom. The third-order valence-corrected chi connectivity index (χ3v) is 4.79. The summed E-state index contributed by atoms with van der Waals surface area (Å²) in [5, 5.41) is 7.30. The number of esters is 1. The van der Waals surface area contributed by atoms with E-state index in [1.165, 1.54) is 34.4 Å². The van der Waals surface area contributed by atoms with E-state index in [2.05, 4.69) is 15.6 Å². The molecular formula is C18H19FN4O4S. The number of aromatic nitrogens is 1. The summed E-state index contributed by atoms with van der Waals surface area (Å²) in [6.45, 7) is 2.27. The van der Waals surface area contributed by atoms with Crippen LogP contribution in [-0.2, 0) is 20.7 Å². The minimum atomic E-state index is -0.504. The Kier molecular flexibility index (Phi) is 6.19. The van der Waals surface area contributed by atoms with E-state index in [1.54, 1.807) is 18.4 Å². The maximum absolute atomic E-state index is 13.4. The van der Waals surface area contributed by atoms with Crippen molar-refractivity contribution in [3.8, 4) is 0 Å². The molecule has 1 atom stereocenters. The first-order chi connectivity index (χ1) is 13.4. The number of carbonyl (C=O) groups excluding carboxylic acids is 3. The second-order valence-electron chi connectivity index (χ2n) is 6.11. The molecule has 1 saturated heterocycles. The van der Waals surface area contributed by atoms with E-state index in [-0.39, 0.29) is 31.3 Å². The van der Waals surface area contributed by atoms with E-state index < -0.39 is 17.9 Å². The van der Waals surface area contributed by atoms with Crippen molar-refractivity contribution < 1.29 is 23.5 Å². The van der Waals surface area contributed by atoms with Crippen molar-refractivity contribution >= 4 is 40.1 Å². The summed E-state index contributed by atoms with van der Waals surface area (Å²) in [6, 6.07) is 4.84. The predicted octanol–water partition coefficient (Wildman–Crippen LogP) is 2.31. The van der Waals surface area contributed by atoms with E-state index >= 15 is 0 Å². The number of carbonyl (C=O) groups is 3. The molecule has 1 fully saturated rings. The molecule has 2 heterocycles. The summed E-state index contributed by atoms with van der Waals surface area (Å²) in [6.07, 6.45) is 0.156. The second-order valence-corrected chi connectivity index (χ2v) is 6.97. The number of hydrogen-bond donors (Lipinski definition) is 2. The van der Waals surface area contributed by atoms with Crippen molar-refractivity contribution in [1.29, 1.82) is 0 Å². The zero-order valence-electron chi connectivity index (χ0n) is 15.1. The monoisotopic (exact) mass is 406 g/mol. The first-order valence-electron chi connectivity index (χ1n) is 8.68. The number of urea groups is 1. The normalized spacial score (nSPS) is 16.1. The number of anilines is 2. The van der Waals surface area contributed by atoms with Crippen molar-refractivity contribution in [2.75, 3.05) is 23.4 Å². The number of halogens is 1. The molecule has 2 N–H and O–H groups in total. The number of rotatable bonds is 6. The van der Waals surface area contributed by atoms with E-state index in [9.17, 15) is 18.8 Å². The molecule has 1 aromatic heterocycles. The first kappa shape index (κ1) is 19.7. The molecule has 0 unspecified atom stereocenters. The lowest BCUT2D eigenvalue weighted by Gasteiger charge is -2.17. The molecule has 8 nitrogen and oxygen atoms in total. The fourth-order valence-electron chi connectivity index (χ4n) is 2.82. The van der Waals surface area contributed by atoms with Gasteiger partial charge in [0.15, 0.2) is 5.13 Å². The Morgan fingerprint density at radius 2 is 2.25 bits per heavy atom. The third kappa shape index (κ3) is 5.03. The van der Waals surface area contributed by atoms with Gasteiger partial charge in [-0.3, -0.25) is 14.9 Å². The Hall–Kier alpha value is -3.01. The molecule has 10 heteroatoms. The molecule has 1 aromatic carbocycles. The van der Waals surface area contributed by atoms with Crippen molar-refractivity contribution in [3.63, 3.8) is 0 Å². The van der Waals surface area contributed by atoms with E-state index in [0.717, 1.165) is 0 Å². The zero-order chi connectivity index (χ0) is 20.1. The predicted molar refractivity (Wildman–Crippen MR) is 102 cm³/mol. The van der Waals surface area contributed by atoms with Crippen molar-refractivity contribution in [2.45, 2.75) is 25.8 Å². The van der Waals surface area contributed by atoms with Crippen molar-refractivity contribution in [3.05, 3.63) is 41.2 Å². The largest absolute Gasteiger partial charge is 0.466 e. The highest BCUT2D eigenvalue weighted by Crippen LogP contribution is 2.22. The van der Waals surface area contributed by atoms with Gasteiger partial charge in [0, 0.05) is 24.0 Å². The zero-order valence-corrected chi connectivity index (χ0v) is 15.9. The molecule has 2 aromatic rings. The van der Waals surface area contributed by atoms with E-state index in [1.807, 2.05) is 0 Å². The smallest absolute Gasteiger partial charge is 0.321 e. The van der Waals surface area contributed by atoms with E-state index in [0.29, 0.717) is 23.1 Å². The molecule has 0 saturated carbocycles. The number of amides is 3.